The molecule has 0 bridgehead atoms. The lowest BCUT2D eigenvalue weighted by atomic mass is 10.0. The first-order chi connectivity index (χ1) is 13.2. The lowest BCUT2D eigenvalue weighted by Gasteiger charge is -2.18. The summed E-state index contributed by atoms with van der Waals surface area (Å²) in [5.74, 6) is -0.666. The normalized spacial score (nSPS) is 12.2. The minimum Gasteiger partial charge on any atom is -0.457 e. The number of hydrogen-bond acceptors (Lipinski definition) is 2. The predicted molar refractivity (Wildman–Crippen MR) is 113 cm³/mol. The topological polar surface area (TPSA) is 31.2 Å². The first-order valence-electron chi connectivity index (χ1n) is 9.47. The molecule has 0 unspecified atom stereocenters. The molecule has 0 N–H and O–H groups in total. The van der Waals surface area contributed by atoms with E-state index in [1.165, 1.54) is 18.2 Å². The van der Waals surface area contributed by atoms with Gasteiger partial charge in [0.25, 0.3) is 0 Å². The summed E-state index contributed by atoms with van der Waals surface area (Å²) in [7, 11) is 0. The van der Waals surface area contributed by atoms with E-state index in [0.29, 0.717) is 0 Å². The maximum Gasteiger partial charge on any atom is 0.331 e. The molecule has 2 aromatic carbocycles. The van der Waals surface area contributed by atoms with Gasteiger partial charge >= 0.3 is 5.97 Å². The summed E-state index contributed by atoms with van der Waals surface area (Å²) in [5, 5.41) is 1.06. The van der Waals surface area contributed by atoms with E-state index in [2.05, 4.69) is 30.5 Å². The Morgan fingerprint density at radius 2 is 1.71 bits per heavy atom. The second-order valence-corrected chi connectivity index (χ2v) is 8.11. The maximum absolute atomic E-state index is 13.5. The van der Waals surface area contributed by atoms with Crippen LogP contribution >= 0.6 is 0 Å². The van der Waals surface area contributed by atoms with Crippen LogP contribution in [0.5, 0.6) is 0 Å². The number of halogens is 1. The van der Waals surface area contributed by atoms with Crippen molar-refractivity contribution in [3.8, 4) is 11.1 Å². The quantitative estimate of drug-likeness (QED) is 0.389. The molecule has 0 fully saturated rings. The van der Waals surface area contributed by atoms with Gasteiger partial charge in [0.1, 0.15) is 11.4 Å². The SMILES string of the molecule is CC(C)n1c(C=CC(=O)OC(C)(C)C)c(-c2ccc(F)cc2)c2ccccc21. The van der Waals surface area contributed by atoms with Crippen LogP contribution in [0.2, 0.25) is 0 Å². The molecule has 0 atom stereocenters. The van der Waals surface area contributed by atoms with Crippen LogP contribution in [0.25, 0.3) is 28.1 Å². The number of carbonyl (C=O) groups excluding carboxylic acids is 1. The number of nitrogens with zero attached hydrogens (tertiary/aromatic N) is 1. The van der Waals surface area contributed by atoms with Crippen LogP contribution in [-0.4, -0.2) is 16.1 Å². The number of hydrogen-bond donors (Lipinski definition) is 0. The number of carbonyl (C=O) groups is 1. The molecule has 1 aromatic heterocycles. The lowest BCUT2D eigenvalue weighted by molar-refractivity contribution is -0.148. The highest BCUT2D eigenvalue weighted by molar-refractivity contribution is 6.02. The molecule has 146 valence electrons. The van der Waals surface area contributed by atoms with Crippen LogP contribution in [-0.2, 0) is 9.53 Å². The van der Waals surface area contributed by atoms with E-state index in [0.717, 1.165) is 27.7 Å². The first-order valence-corrected chi connectivity index (χ1v) is 9.47. The smallest absolute Gasteiger partial charge is 0.331 e. The third-order valence-electron chi connectivity index (χ3n) is 4.38. The van der Waals surface area contributed by atoms with Crippen molar-refractivity contribution in [3.63, 3.8) is 0 Å². The second-order valence-electron chi connectivity index (χ2n) is 8.11. The van der Waals surface area contributed by atoms with E-state index in [-0.39, 0.29) is 11.9 Å². The highest BCUT2D eigenvalue weighted by atomic mass is 19.1. The Labute approximate surface area is 165 Å². The number of benzene rings is 2. The number of para-hydroxylation sites is 1. The Bertz CT molecular complexity index is 1020. The Kier molecular flexibility index (Phi) is 5.41. The fourth-order valence-corrected chi connectivity index (χ4v) is 3.41. The van der Waals surface area contributed by atoms with Gasteiger partial charge in [0.2, 0.25) is 0 Å². The Morgan fingerprint density at radius 3 is 2.32 bits per heavy atom. The molecular formula is C24H26FNO2. The molecule has 4 heteroatoms. The zero-order valence-corrected chi connectivity index (χ0v) is 17.0. The van der Waals surface area contributed by atoms with Crippen LogP contribution in [0.15, 0.2) is 54.6 Å². The highest BCUT2D eigenvalue weighted by Crippen LogP contribution is 2.37. The van der Waals surface area contributed by atoms with Crippen molar-refractivity contribution in [1.82, 2.24) is 4.57 Å². The number of esters is 1. The minimum atomic E-state index is -0.550. The fourth-order valence-electron chi connectivity index (χ4n) is 3.41. The van der Waals surface area contributed by atoms with E-state index < -0.39 is 11.6 Å². The van der Waals surface area contributed by atoms with Gasteiger partial charge in [0, 0.05) is 28.6 Å². The van der Waals surface area contributed by atoms with Crippen molar-refractivity contribution in [2.45, 2.75) is 46.3 Å². The second kappa shape index (κ2) is 7.63. The molecule has 0 aliphatic carbocycles. The van der Waals surface area contributed by atoms with Gasteiger partial charge in [-0.2, -0.15) is 0 Å². The fraction of sp³-hybridized carbons (Fsp3) is 0.292. The highest BCUT2D eigenvalue weighted by Gasteiger charge is 2.19. The number of ether oxygens (including phenoxy) is 1. The van der Waals surface area contributed by atoms with Crippen LogP contribution in [0.4, 0.5) is 4.39 Å². The van der Waals surface area contributed by atoms with Crippen LogP contribution in [0.1, 0.15) is 46.4 Å². The van der Waals surface area contributed by atoms with Gasteiger partial charge in [-0.3, -0.25) is 0 Å². The molecular weight excluding hydrogens is 353 g/mol. The number of rotatable bonds is 4. The van der Waals surface area contributed by atoms with Gasteiger partial charge in [-0.25, -0.2) is 9.18 Å². The predicted octanol–water partition coefficient (Wildman–Crippen LogP) is 6.38. The van der Waals surface area contributed by atoms with Gasteiger partial charge in [-0.15, -0.1) is 0 Å². The zero-order valence-electron chi connectivity index (χ0n) is 17.0. The Morgan fingerprint density at radius 1 is 1.07 bits per heavy atom. The lowest BCUT2D eigenvalue weighted by Crippen LogP contribution is -2.22. The van der Waals surface area contributed by atoms with Crippen LogP contribution in [0, 0.1) is 5.82 Å². The van der Waals surface area contributed by atoms with Crippen molar-refractivity contribution in [2.75, 3.05) is 0 Å². The molecule has 0 saturated carbocycles. The largest absolute Gasteiger partial charge is 0.457 e. The molecule has 1 heterocycles. The van der Waals surface area contributed by atoms with Crippen molar-refractivity contribution < 1.29 is 13.9 Å². The molecule has 28 heavy (non-hydrogen) atoms. The molecule has 0 aliphatic rings. The summed E-state index contributed by atoms with van der Waals surface area (Å²) < 4.78 is 21.1. The van der Waals surface area contributed by atoms with E-state index in [1.807, 2.05) is 32.9 Å². The van der Waals surface area contributed by atoms with Crippen molar-refractivity contribution in [2.24, 2.45) is 0 Å². The molecule has 3 aromatic rings. The summed E-state index contributed by atoms with van der Waals surface area (Å²) in [5.41, 5.74) is 3.30. The van der Waals surface area contributed by atoms with Crippen molar-refractivity contribution in [1.29, 1.82) is 0 Å². The first kappa shape index (κ1) is 19.9. The summed E-state index contributed by atoms with van der Waals surface area (Å²) in [6, 6.07) is 14.7. The molecule has 3 nitrogen and oxygen atoms in total. The standard InChI is InChI=1S/C24H26FNO2/c1-16(2)26-20-9-7-6-8-19(20)23(17-10-12-18(25)13-11-17)21(26)14-15-22(27)28-24(3,4)5/h6-16H,1-5H3. The van der Waals surface area contributed by atoms with Gasteiger partial charge < -0.3 is 9.30 Å². The van der Waals surface area contributed by atoms with Gasteiger partial charge in [-0.1, -0.05) is 30.3 Å². The van der Waals surface area contributed by atoms with Crippen molar-refractivity contribution in [3.05, 3.63) is 66.1 Å². The Balaban J connectivity index is 2.21. The van der Waals surface area contributed by atoms with Gasteiger partial charge in [-0.05, 0) is 64.5 Å². The third-order valence-corrected chi connectivity index (χ3v) is 4.38. The molecule has 0 radical (unpaired) electrons. The minimum absolute atomic E-state index is 0.178. The molecule has 3 rings (SSSR count). The van der Waals surface area contributed by atoms with Gasteiger partial charge in [0.15, 0.2) is 0 Å². The molecule has 0 aliphatic heterocycles. The summed E-state index contributed by atoms with van der Waals surface area (Å²) in [4.78, 5) is 12.3. The summed E-state index contributed by atoms with van der Waals surface area (Å²) >= 11 is 0. The van der Waals surface area contributed by atoms with E-state index in [4.69, 9.17) is 4.74 Å². The molecule has 0 spiro atoms. The van der Waals surface area contributed by atoms with Crippen molar-refractivity contribution >= 4 is 22.9 Å². The number of aromatic nitrogens is 1. The van der Waals surface area contributed by atoms with E-state index in [9.17, 15) is 9.18 Å². The summed E-state index contributed by atoms with van der Waals surface area (Å²) in [6.07, 6.45) is 3.26. The summed E-state index contributed by atoms with van der Waals surface area (Å²) in [6.45, 7) is 9.73. The average Bonchev–Trinajstić information content (AvgIpc) is 2.93. The molecule has 0 saturated heterocycles. The number of fused-ring (bicyclic) bond motifs is 1. The Hall–Kier alpha value is -2.88. The van der Waals surface area contributed by atoms with E-state index >= 15 is 0 Å². The van der Waals surface area contributed by atoms with Gasteiger partial charge in [0.05, 0.1) is 5.69 Å². The third kappa shape index (κ3) is 4.16. The van der Waals surface area contributed by atoms with Crippen LogP contribution in [0.3, 0.4) is 0 Å². The maximum atomic E-state index is 13.5. The van der Waals surface area contributed by atoms with Crippen LogP contribution < -0.4 is 0 Å². The van der Waals surface area contributed by atoms with E-state index in [1.54, 1.807) is 18.2 Å². The average molecular weight is 379 g/mol. The zero-order chi connectivity index (χ0) is 20.5. The monoisotopic (exact) mass is 379 g/mol. The molecule has 0 amide bonds.